The second kappa shape index (κ2) is 7.87. The largest absolute Gasteiger partial charge is 0.508 e. The highest BCUT2D eigenvalue weighted by Gasteiger charge is 2.10. The summed E-state index contributed by atoms with van der Waals surface area (Å²) in [6.07, 6.45) is 0.958. The molecule has 0 fully saturated rings. The normalized spacial score (nSPS) is 10.9. The lowest BCUT2D eigenvalue weighted by Crippen LogP contribution is -2.12. The third-order valence-electron chi connectivity index (χ3n) is 4.04. The van der Waals surface area contributed by atoms with Gasteiger partial charge in [-0.15, -0.1) is 0 Å². The van der Waals surface area contributed by atoms with Gasteiger partial charge in [0.2, 0.25) is 0 Å². The molecule has 0 spiro atoms. The number of hydrogen-bond donors (Lipinski definition) is 2. The highest BCUT2D eigenvalue weighted by atomic mass is 16.5. The Morgan fingerprint density at radius 2 is 1.85 bits per heavy atom. The molecular weight excluding hydrogens is 328 g/mol. The number of nitrogens with one attached hydrogen (secondary N) is 1. The van der Waals surface area contributed by atoms with Gasteiger partial charge < -0.3 is 14.8 Å². The zero-order valence-corrected chi connectivity index (χ0v) is 14.9. The zero-order chi connectivity index (χ0) is 18.5. The molecule has 5 nitrogen and oxygen atoms in total. The molecule has 134 valence electrons. The fraction of sp³-hybridized carbons (Fsp3) is 0.238. The van der Waals surface area contributed by atoms with Crippen molar-refractivity contribution in [3.05, 3.63) is 65.1 Å². The predicted octanol–water partition coefficient (Wildman–Crippen LogP) is 4.23. The molecule has 3 rings (SSSR count). The molecule has 0 atom stereocenters. The molecule has 2 aromatic carbocycles. The minimum Gasteiger partial charge on any atom is -0.508 e. The summed E-state index contributed by atoms with van der Waals surface area (Å²) in [4.78, 5) is 18.9. The second-order valence-corrected chi connectivity index (χ2v) is 6.56. The maximum Gasteiger partial charge on any atom is 0.345 e. The number of benzene rings is 2. The Hall–Kier alpha value is -3.08. The van der Waals surface area contributed by atoms with Crippen LogP contribution in [0.25, 0.3) is 22.5 Å². The molecule has 0 aliphatic rings. The average Bonchev–Trinajstić information content (AvgIpc) is 2.62. The summed E-state index contributed by atoms with van der Waals surface area (Å²) in [6, 6.07) is 16.0. The van der Waals surface area contributed by atoms with Crippen LogP contribution in [0.5, 0.6) is 11.5 Å². The van der Waals surface area contributed by atoms with E-state index in [4.69, 9.17) is 4.74 Å². The first kappa shape index (κ1) is 17.7. The smallest absolute Gasteiger partial charge is 0.345 e. The van der Waals surface area contributed by atoms with Gasteiger partial charge in [0.1, 0.15) is 11.5 Å². The predicted molar refractivity (Wildman–Crippen MR) is 102 cm³/mol. The Morgan fingerprint density at radius 1 is 1.12 bits per heavy atom. The van der Waals surface area contributed by atoms with Crippen LogP contribution in [0.3, 0.4) is 0 Å². The third-order valence-corrected chi connectivity index (χ3v) is 4.04. The van der Waals surface area contributed by atoms with E-state index in [1.165, 1.54) is 0 Å². The van der Waals surface area contributed by atoms with Crippen molar-refractivity contribution in [2.75, 3.05) is 6.61 Å². The Balaban J connectivity index is 1.97. The third kappa shape index (κ3) is 4.30. The van der Waals surface area contributed by atoms with Gasteiger partial charge in [-0.1, -0.05) is 26.0 Å². The lowest BCUT2D eigenvalue weighted by Gasteiger charge is -2.13. The Labute approximate surface area is 152 Å². The number of aromatic amines is 1. The van der Waals surface area contributed by atoms with Gasteiger partial charge in [0.15, 0.2) is 0 Å². The summed E-state index contributed by atoms with van der Waals surface area (Å²) in [5.74, 6) is 1.46. The molecule has 1 aromatic heterocycles. The van der Waals surface area contributed by atoms with Crippen molar-refractivity contribution in [3.63, 3.8) is 0 Å². The van der Waals surface area contributed by atoms with Crippen molar-refractivity contribution in [2.45, 2.75) is 20.3 Å². The van der Waals surface area contributed by atoms with Crippen molar-refractivity contribution in [1.29, 1.82) is 0 Å². The van der Waals surface area contributed by atoms with Gasteiger partial charge in [-0.3, -0.25) is 0 Å². The van der Waals surface area contributed by atoms with Crippen molar-refractivity contribution in [2.24, 2.45) is 5.92 Å². The number of nitrogens with zero attached hydrogens (tertiary/aromatic N) is 1. The van der Waals surface area contributed by atoms with E-state index in [-0.39, 0.29) is 5.75 Å². The fourth-order valence-electron chi connectivity index (χ4n) is 2.60. The van der Waals surface area contributed by atoms with E-state index in [2.05, 4.69) is 23.8 Å². The maximum absolute atomic E-state index is 12.1. The standard InChI is InChI=1S/C21H22N2O3/c1-14(2)11-12-26-20-6-4-3-5-17(20)19-13-18(22-21(25)23-19)15-7-9-16(24)10-8-15/h3-10,13-14,24H,11-12H2,1-2H3,(H,22,23,25). The summed E-state index contributed by atoms with van der Waals surface area (Å²) in [7, 11) is 0. The van der Waals surface area contributed by atoms with Crippen molar-refractivity contribution in [1.82, 2.24) is 9.97 Å². The molecule has 0 aliphatic heterocycles. The Kier molecular flexibility index (Phi) is 5.37. The van der Waals surface area contributed by atoms with Crippen LogP contribution in [-0.4, -0.2) is 21.7 Å². The van der Waals surface area contributed by atoms with Gasteiger partial charge in [-0.25, -0.2) is 4.79 Å². The molecule has 0 amide bonds. The highest BCUT2D eigenvalue weighted by Crippen LogP contribution is 2.30. The number of hydrogen-bond acceptors (Lipinski definition) is 4. The Morgan fingerprint density at radius 3 is 2.58 bits per heavy atom. The van der Waals surface area contributed by atoms with Gasteiger partial charge >= 0.3 is 5.69 Å². The molecule has 0 saturated carbocycles. The summed E-state index contributed by atoms with van der Waals surface area (Å²) in [6.45, 7) is 4.92. The first-order valence-electron chi connectivity index (χ1n) is 8.66. The van der Waals surface area contributed by atoms with Crippen LogP contribution in [0, 0.1) is 5.92 Å². The van der Waals surface area contributed by atoms with E-state index in [0.717, 1.165) is 23.3 Å². The quantitative estimate of drug-likeness (QED) is 0.697. The molecule has 0 aliphatic carbocycles. The van der Waals surface area contributed by atoms with E-state index in [9.17, 15) is 9.90 Å². The van der Waals surface area contributed by atoms with Gasteiger partial charge in [0.05, 0.1) is 18.0 Å². The SMILES string of the molecule is CC(C)CCOc1ccccc1-c1cc(-c2ccc(O)cc2)nc(=O)[nH]1. The van der Waals surface area contributed by atoms with Gasteiger partial charge in [0.25, 0.3) is 0 Å². The number of ether oxygens (including phenoxy) is 1. The van der Waals surface area contributed by atoms with Crippen molar-refractivity contribution < 1.29 is 9.84 Å². The van der Waals surface area contributed by atoms with E-state index in [1.807, 2.05) is 30.3 Å². The van der Waals surface area contributed by atoms with Crippen LogP contribution < -0.4 is 10.4 Å². The second-order valence-electron chi connectivity index (χ2n) is 6.56. The minimum absolute atomic E-state index is 0.169. The number of rotatable bonds is 6. The van der Waals surface area contributed by atoms with Crippen LogP contribution in [0.1, 0.15) is 20.3 Å². The van der Waals surface area contributed by atoms with Crippen LogP contribution in [-0.2, 0) is 0 Å². The molecule has 5 heteroatoms. The molecule has 0 saturated heterocycles. The first-order valence-corrected chi connectivity index (χ1v) is 8.66. The van der Waals surface area contributed by atoms with Crippen LogP contribution in [0.4, 0.5) is 0 Å². The van der Waals surface area contributed by atoms with Crippen molar-refractivity contribution in [3.8, 4) is 34.0 Å². The summed E-state index contributed by atoms with van der Waals surface area (Å²) in [5, 5.41) is 9.44. The number of aromatic hydroxyl groups is 1. The average molecular weight is 350 g/mol. The van der Waals surface area contributed by atoms with Crippen molar-refractivity contribution >= 4 is 0 Å². The lowest BCUT2D eigenvalue weighted by molar-refractivity contribution is 0.290. The molecular formula is C21H22N2O3. The fourth-order valence-corrected chi connectivity index (χ4v) is 2.60. The summed E-state index contributed by atoms with van der Waals surface area (Å²) < 4.78 is 5.93. The van der Waals surface area contributed by atoms with E-state index >= 15 is 0 Å². The van der Waals surface area contributed by atoms with Gasteiger partial charge in [-0.05, 0) is 54.8 Å². The number of aromatic nitrogens is 2. The molecule has 0 unspecified atom stereocenters. The van der Waals surface area contributed by atoms with Crippen LogP contribution >= 0.6 is 0 Å². The van der Waals surface area contributed by atoms with Gasteiger partial charge in [0, 0.05) is 11.1 Å². The van der Waals surface area contributed by atoms with E-state index in [1.54, 1.807) is 24.3 Å². The Bertz CT molecular complexity index is 930. The molecule has 2 N–H and O–H groups in total. The maximum atomic E-state index is 12.1. The summed E-state index contributed by atoms with van der Waals surface area (Å²) >= 11 is 0. The van der Waals surface area contributed by atoms with E-state index in [0.29, 0.717) is 23.9 Å². The first-order chi connectivity index (χ1) is 12.5. The van der Waals surface area contributed by atoms with Gasteiger partial charge in [-0.2, -0.15) is 4.98 Å². The number of phenolic OH excluding ortho intramolecular Hbond substituents is 1. The molecule has 0 bridgehead atoms. The zero-order valence-electron chi connectivity index (χ0n) is 14.9. The van der Waals surface area contributed by atoms with Crippen LogP contribution in [0.2, 0.25) is 0 Å². The molecule has 0 radical (unpaired) electrons. The van der Waals surface area contributed by atoms with E-state index < -0.39 is 5.69 Å². The molecule has 1 heterocycles. The minimum atomic E-state index is -0.428. The lowest BCUT2D eigenvalue weighted by atomic mass is 10.1. The molecule has 26 heavy (non-hydrogen) atoms. The number of H-pyrrole nitrogens is 1. The molecule has 3 aromatic rings. The highest BCUT2D eigenvalue weighted by molar-refractivity contribution is 5.71. The topological polar surface area (TPSA) is 75.2 Å². The summed E-state index contributed by atoms with van der Waals surface area (Å²) in [5.41, 5.74) is 2.33. The van der Waals surface area contributed by atoms with Crippen LogP contribution in [0.15, 0.2) is 59.4 Å². The monoisotopic (exact) mass is 350 g/mol. The number of para-hydroxylation sites is 1. The number of phenols is 1.